The maximum atomic E-state index is 12.1. The molecular weight excluding hydrogens is 264 g/mol. The third-order valence-corrected chi connectivity index (χ3v) is 4.67. The molecule has 19 heavy (non-hydrogen) atoms. The molecule has 2 aromatic rings. The van der Waals surface area contributed by atoms with Crippen LogP contribution in [0.2, 0.25) is 0 Å². The van der Waals surface area contributed by atoms with Gasteiger partial charge in [-0.05, 0) is 30.7 Å². The molecule has 6 heteroatoms. The van der Waals surface area contributed by atoms with Crippen LogP contribution in [0.3, 0.4) is 0 Å². The van der Waals surface area contributed by atoms with Gasteiger partial charge in [-0.1, -0.05) is 6.07 Å². The summed E-state index contributed by atoms with van der Waals surface area (Å²) in [7, 11) is 0. The number of rotatable bonds is 2. The Labute approximate surface area is 113 Å². The minimum absolute atomic E-state index is 0.0838. The molecule has 1 fully saturated rings. The molecule has 1 aliphatic rings. The monoisotopic (exact) mass is 278 g/mol. The van der Waals surface area contributed by atoms with Crippen molar-refractivity contribution in [2.75, 3.05) is 11.5 Å². The highest BCUT2D eigenvalue weighted by atomic mass is 32.2. The average Bonchev–Trinajstić information content (AvgIpc) is 2.75. The highest BCUT2D eigenvalue weighted by molar-refractivity contribution is 7.99. The number of para-hydroxylation sites is 1. The van der Waals surface area contributed by atoms with Crippen molar-refractivity contribution in [3.05, 3.63) is 34.2 Å². The molecule has 1 saturated heterocycles. The summed E-state index contributed by atoms with van der Waals surface area (Å²) >= 11 is 1.81. The maximum absolute atomic E-state index is 12.1. The highest BCUT2D eigenvalue weighted by Crippen LogP contribution is 2.29. The Morgan fingerprint density at radius 1 is 1.47 bits per heavy atom. The van der Waals surface area contributed by atoms with Gasteiger partial charge in [-0.3, -0.25) is 4.57 Å². The number of H-pyrrole nitrogens is 1. The fourth-order valence-electron chi connectivity index (χ4n) is 2.63. The van der Waals surface area contributed by atoms with E-state index in [2.05, 4.69) is 4.98 Å². The van der Waals surface area contributed by atoms with Gasteiger partial charge in [0, 0.05) is 11.8 Å². The molecule has 0 aliphatic carbocycles. The Bertz CT molecular complexity index is 683. The lowest BCUT2D eigenvalue weighted by Gasteiger charge is -2.22. The second-order valence-corrected chi connectivity index (χ2v) is 5.83. The smallest absolute Gasteiger partial charge is 0.337 e. The van der Waals surface area contributed by atoms with Crippen LogP contribution in [0.25, 0.3) is 11.0 Å². The van der Waals surface area contributed by atoms with Gasteiger partial charge >= 0.3 is 11.7 Å². The highest BCUT2D eigenvalue weighted by Gasteiger charge is 2.23. The minimum Gasteiger partial charge on any atom is -0.478 e. The van der Waals surface area contributed by atoms with Gasteiger partial charge in [-0.25, -0.2) is 9.59 Å². The molecule has 2 N–H and O–H groups in total. The summed E-state index contributed by atoms with van der Waals surface area (Å²) in [5, 5.41) is 9.28. The third-order valence-electron chi connectivity index (χ3n) is 3.47. The van der Waals surface area contributed by atoms with Crippen LogP contribution in [-0.2, 0) is 0 Å². The molecule has 1 aliphatic heterocycles. The number of imidazole rings is 1. The molecule has 3 rings (SSSR count). The summed E-state index contributed by atoms with van der Waals surface area (Å²) in [6.07, 6.45) is 1.98. The van der Waals surface area contributed by atoms with Crippen molar-refractivity contribution in [2.45, 2.75) is 18.9 Å². The zero-order valence-electron chi connectivity index (χ0n) is 10.3. The lowest BCUT2D eigenvalue weighted by Crippen LogP contribution is -2.26. The Kier molecular flexibility index (Phi) is 3.10. The number of benzene rings is 1. The lowest BCUT2D eigenvalue weighted by atomic mass is 10.1. The van der Waals surface area contributed by atoms with E-state index in [1.165, 1.54) is 0 Å². The average molecular weight is 278 g/mol. The zero-order valence-corrected chi connectivity index (χ0v) is 11.1. The number of fused-ring (bicyclic) bond motifs is 1. The van der Waals surface area contributed by atoms with Crippen molar-refractivity contribution < 1.29 is 9.90 Å². The molecule has 1 aromatic carbocycles. The lowest BCUT2D eigenvalue weighted by molar-refractivity contribution is 0.0698. The summed E-state index contributed by atoms with van der Waals surface area (Å²) in [6, 6.07) is 5.03. The molecule has 0 spiro atoms. The number of aromatic carboxylic acids is 1. The summed E-state index contributed by atoms with van der Waals surface area (Å²) in [5.74, 6) is 0.974. The van der Waals surface area contributed by atoms with Gasteiger partial charge in [0.05, 0.1) is 16.6 Å². The van der Waals surface area contributed by atoms with Gasteiger partial charge in [-0.15, -0.1) is 0 Å². The van der Waals surface area contributed by atoms with Crippen LogP contribution >= 0.6 is 11.8 Å². The Morgan fingerprint density at radius 3 is 3.00 bits per heavy atom. The number of hydrogen-bond acceptors (Lipinski definition) is 3. The number of aromatic amines is 1. The molecule has 100 valence electrons. The van der Waals surface area contributed by atoms with E-state index in [9.17, 15) is 14.7 Å². The van der Waals surface area contributed by atoms with Gasteiger partial charge < -0.3 is 10.1 Å². The van der Waals surface area contributed by atoms with E-state index in [4.69, 9.17) is 0 Å². The van der Waals surface area contributed by atoms with Gasteiger partial charge in [0.15, 0.2) is 0 Å². The second-order valence-electron chi connectivity index (χ2n) is 4.68. The van der Waals surface area contributed by atoms with Gasteiger partial charge in [0.1, 0.15) is 0 Å². The standard InChI is InChI=1S/C13H14N2O3S/c16-12(17)9-4-1-5-10-11(9)15(13(18)14-10)8-3-2-6-19-7-8/h1,4-5,8H,2-3,6-7H2,(H,14,18)(H,16,17). The number of nitrogens with zero attached hydrogens (tertiary/aromatic N) is 1. The first-order valence-corrected chi connectivity index (χ1v) is 7.38. The Morgan fingerprint density at radius 2 is 2.32 bits per heavy atom. The fourth-order valence-corrected chi connectivity index (χ4v) is 3.75. The van der Waals surface area contributed by atoms with Crippen molar-refractivity contribution in [3.63, 3.8) is 0 Å². The van der Waals surface area contributed by atoms with E-state index in [0.717, 1.165) is 24.3 Å². The predicted octanol–water partition coefficient (Wildman–Crippen LogP) is 2.10. The Balaban J connectivity index is 2.25. The number of nitrogens with one attached hydrogen (secondary N) is 1. The van der Waals surface area contributed by atoms with Crippen molar-refractivity contribution >= 4 is 28.8 Å². The Hall–Kier alpha value is -1.69. The molecule has 0 radical (unpaired) electrons. The van der Waals surface area contributed by atoms with Gasteiger partial charge in [0.25, 0.3) is 0 Å². The zero-order chi connectivity index (χ0) is 13.4. The molecule has 0 bridgehead atoms. The third kappa shape index (κ3) is 2.06. The minimum atomic E-state index is -0.998. The molecule has 0 saturated carbocycles. The molecule has 5 nitrogen and oxygen atoms in total. The number of thioether (sulfide) groups is 1. The summed E-state index contributed by atoms with van der Waals surface area (Å²) in [6.45, 7) is 0. The first-order chi connectivity index (χ1) is 9.18. The first kappa shape index (κ1) is 12.3. The van der Waals surface area contributed by atoms with Crippen LogP contribution < -0.4 is 5.69 Å². The SMILES string of the molecule is O=C(O)c1cccc2[nH]c(=O)n(C3CCCSC3)c12. The maximum Gasteiger partial charge on any atom is 0.337 e. The summed E-state index contributed by atoms with van der Waals surface area (Å²) < 4.78 is 1.63. The molecule has 0 amide bonds. The normalized spacial score (nSPS) is 19.7. The van der Waals surface area contributed by atoms with Crippen LogP contribution in [0.15, 0.2) is 23.0 Å². The molecule has 1 atom stereocenters. The van der Waals surface area contributed by atoms with Crippen molar-refractivity contribution in [3.8, 4) is 0 Å². The van der Waals surface area contributed by atoms with Crippen molar-refractivity contribution in [2.24, 2.45) is 0 Å². The topological polar surface area (TPSA) is 75.1 Å². The van der Waals surface area contributed by atoms with Crippen molar-refractivity contribution in [1.29, 1.82) is 0 Å². The molecule has 2 heterocycles. The number of hydrogen-bond donors (Lipinski definition) is 2. The van der Waals surface area contributed by atoms with Crippen LogP contribution in [0.5, 0.6) is 0 Å². The van der Waals surface area contributed by atoms with Crippen LogP contribution in [0.1, 0.15) is 29.2 Å². The van der Waals surface area contributed by atoms with Crippen LogP contribution in [0.4, 0.5) is 0 Å². The molecule has 1 aromatic heterocycles. The van der Waals surface area contributed by atoms with E-state index in [1.807, 2.05) is 11.8 Å². The molecular formula is C13H14N2O3S. The van der Waals surface area contributed by atoms with E-state index in [0.29, 0.717) is 11.0 Å². The van der Waals surface area contributed by atoms with E-state index >= 15 is 0 Å². The summed E-state index contributed by atoms with van der Waals surface area (Å²) in [4.78, 5) is 26.2. The fraction of sp³-hybridized carbons (Fsp3) is 0.385. The summed E-state index contributed by atoms with van der Waals surface area (Å²) in [5.41, 5.74) is 1.09. The number of carboxylic acid groups (broad SMARTS) is 1. The van der Waals surface area contributed by atoms with E-state index in [1.54, 1.807) is 22.8 Å². The first-order valence-electron chi connectivity index (χ1n) is 6.23. The number of aromatic nitrogens is 2. The predicted molar refractivity (Wildman–Crippen MR) is 75.1 cm³/mol. The van der Waals surface area contributed by atoms with Gasteiger partial charge in [0.2, 0.25) is 0 Å². The quantitative estimate of drug-likeness (QED) is 0.882. The van der Waals surface area contributed by atoms with E-state index < -0.39 is 5.97 Å². The van der Waals surface area contributed by atoms with Crippen LogP contribution in [0, 0.1) is 0 Å². The van der Waals surface area contributed by atoms with E-state index in [-0.39, 0.29) is 17.3 Å². The largest absolute Gasteiger partial charge is 0.478 e. The van der Waals surface area contributed by atoms with Gasteiger partial charge in [-0.2, -0.15) is 11.8 Å². The molecule has 1 unspecified atom stereocenters. The number of carbonyl (C=O) groups is 1. The van der Waals surface area contributed by atoms with Crippen LogP contribution in [-0.4, -0.2) is 32.1 Å². The second kappa shape index (κ2) is 4.77. The van der Waals surface area contributed by atoms with Crippen molar-refractivity contribution in [1.82, 2.24) is 9.55 Å². The number of carboxylic acids is 1.